The van der Waals surface area contributed by atoms with Crippen molar-refractivity contribution in [1.82, 2.24) is 5.32 Å². The molecule has 0 radical (unpaired) electrons. The van der Waals surface area contributed by atoms with Gasteiger partial charge in [-0.15, -0.1) is 0 Å². The van der Waals surface area contributed by atoms with Crippen LogP contribution in [0.4, 0.5) is 0 Å². The number of hydrogen-bond donors (Lipinski definition) is 3. The first kappa shape index (κ1) is 11.4. The topological polar surface area (TPSA) is 84.6 Å². The molecule has 0 aromatic rings. The van der Waals surface area contributed by atoms with Crippen LogP contribution in [0.15, 0.2) is 0 Å². The zero-order valence-corrected chi connectivity index (χ0v) is 8.73. The lowest BCUT2D eigenvalue weighted by Crippen LogP contribution is -2.64. The smallest absolute Gasteiger partial charge is 0.217 e. The lowest BCUT2D eigenvalue weighted by molar-refractivity contribution is -0.135. The zero-order valence-electron chi connectivity index (χ0n) is 8.73. The van der Waals surface area contributed by atoms with Gasteiger partial charge in [-0.1, -0.05) is 0 Å². The molecule has 1 rings (SSSR count). The van der Waals surface area contributed by atoms with Gasteiger partial charge in [-0.25, -0.2) is 0 Å². The molecule has 1 aliphatic rings. The van der Waals surface area contributed by atoms with Crippen molar-refractivity contribution in [2.75, 3.05) is 0 Å². The highest BCUT2D eigenvalue weighted by Gasteiger charge is 2.39. The van der Waals surface area contributed by atoms with Crippen LogP contribution in [0, 0.1) is 0 Å². The number of amides is 1. The normalized spacial score (nSPS) is 43.4. The molecule has 4 N–H and O–H groups in total. The second-order valence-electron chi connectivity index (χ2n) is 3.84. The lowest BCUT2D eigenvalue weighted by atomic mass is 9.92. The first-order chi connectivity index (χ1) is 6.43. The van der Waals surface area contributed by atoms with Gasteiger partial charge in [-0.2, -0.15) is 0 Å². The summed E-state index contributed by atoms with van der Waals surface area (Å²) < 4.78 is 5.48. The Balaban J connectivity index is 2.68. The molecular weight excluding hydrogens is 184 g/mol. The van der Waals surface area contributed by atoms with Crippen LogP contribution in [-0.2, 0) is 9.53 Å². The van der Waals surface area contributed by atoms with Crippen molar-refractivity contribution in [3.63, 3.8) is 0 Å². The van der Waals surface area contributed by atoms with E-state index in [1.54, 1.807) is 0 Å². The molecule has 82 valence electrons. The summed E-state index contributed by atoms with van der Waals surface area (Å²) in [6.07, 6.45) is -1.16. The largest absolute Gasteiger partial charge is 0.389 e. The van der Waals surface area contributed by atoms with Crippen molar-refractivity contribution in [2.24, 2.45) is 5.73 Å². The third kappa shape index (κ3) is 2.23. The molecule has 0 saturated carbocycles. The van der Waals surface area contributed by atoms with Gasteiger partial charge >= 0.3 is 0 Å². The van der Waals surface area contributed by atoms with Gasteiger partial charge in [0.15, 0.2) is 0 Å². The highest BCUT2D eigenvalue weighted by Crippen LogP contribution is 2.19. The molecule has 5 atom stereocenters. The average molecular weight is 202 g/mol. The summed E-state index contributed by atoms with van der Waals surface area (Å²) in [5.41, 5.74) is 5.72. The van der Waals surface area contributed by atoms with Gasteiger partial charge in [-0.05, 0) is 13.8 Å². The fourth-order valence-corrected chi connectivity index (χ4v) is 1.75. The van der Waals surface area contributed by atoms with Crippen LogP contribution in [0.1, 0.15) is 20.8 Å². The number of aliphatic hydroxyl groups excluding tert-OH is 1. The SMILES string of the molecule is CC(=O)NC1C(C)OC(C)C(N)C1O. The molecule has 14 heavy (non-hydrogen) atoms. The summed E-state index contributed by atoms with van der Waals surface area (Å²) in [6, 6.07) is -0.873. The predicted octanol–water partition coefficient (Wildman–Crippen LogP) is -1.01. The van der Waals surface area contributed by atoms with Crippen LogP contribution in [0.3, 0.4) is 0 Å². The van der Waals surface area contributed by atoms with Gasteiger partial charge in [0.25, 0.3) is 0 Å². The molecule has 1 aliphatic heterocycles. The van der Waals surface area contributed by atoms with E-state index in [-0.39, 0.29) is 18.1 Å². The minimum absolute atomic E-state index is 0.189. The van der Waals surface area contributed by atoms with Crippen molar-refractivity contribution in [1.29, 1.82) is 0 Å². The van der Waals surface area contributed by atoms with E-state index in [2.05, 4.69) is 5.32 Å². The Bertz CT molecular complexity index is 222. The molecule has 0 bridgehead atoms. The van der Waals surface area contributed by atoms with Crippen LogP contribution in [-0.4, -0.2) is 41.4 Å². The van der Waals surface area contributed by atoms with Crippen LogP contribution >= 0.6 is 0 Å². The Morgan fingerprint density at radius 1 is 1.43 bits per heavy atom. The molecule has 1 saturated heterocycles. The molecule has 1 heterocycles. The molecule has 0 aliphatic carbocycles. The number of carbonyl (C=O) groups is 1. The van der Waals surface area contributed by atoms with E-state index in [9.17, 15) is 9.90 Å². The van der Waals surface area contributed by atoms with E-state index in [1.165, 1.54) is 6.92 Å². The monoisotopic (exact) mass is 202 g/mol. The van der Waals surface area contributed by atoms with Crippen molar-refractivity contribution in [2.45, 2.75) is 51.2 Å². The molecule has 0 aromatic carbocycles. The Labute approximate surface area is 83.6 Å². The summed E-state index contributed by atoms with van der Waals surface area (Å²) in [5, 5.41) is 12.4. The second kappa shape index (κ2) is 4.25. The maximum atomic E-state index is 10.9. The number of hydrogen-bond acceptors (Lipinski definition) is 4. The minimum atomic E-state index is -0.752. The van der Waals surface area contributed by atoms with Crippen LogP contribution < -0.4 is 11.1 Å². The van der Waals surface area contributed by atoms with E-state index in [4.69, 9.17) is 10.5 Å². The van der Waals surface area contributed by atoms with E-state index < -0.39 is 18.2 Å². The lowest BCUT2D eigenvalue weighted by Gasteiger charge is -2.41. The maximum absolute atomic E-state index is 10.9. The van der Waals surface area contributed by atoms with Gasteiger partial charge < -0.3 is 20.9 Å². The summed E-state index contributed by atoms with van der Waals surface area (Å²) >= 11 is 0. The van der Waals surface area contributed by atoms with E-state index in [1.807, 2.05) is 13.8 Å². The molecule has 1 fully saturated rings. The zero-order chi connectivity index (χ0) is 10.9. The molecule has 0 spiro atoms. The highest BCUT2D eigenvalue weighted by atomic mass is 16.5. The molecule has 5 unspecified atom stereocenters. The van der Waals surface area contributed by atoms with E-state index in [0.29, 0.717) is 0 Å². The minimum Gasteiger partial charge on any atom is -0.389 e. The molecule has 5 heteroatoms. The van der Waals surface area contributed by atoms with Gasteiger partial charge in [-0.3, -0.25) is 4.79 Å². The second-order valence-corrected chi connectivity index (χ2v) is 3.84. The fraction of sp³-hybridized carbons (Fsp3) is 0.889. The summed E-state index contributed by atoms with van der Waals surface area (Å²) in [4.78, 5) is 10.9. The number of ether oxygens (including phenoxy) is 1. The quantitative estimate of drug-likeness (QED) is 0.508. The van der Waals surface area contributed by atoms with Crippen molar-refractivity contribution in [3.8, 4) is 0 Å². The number of nitrogens with two attached hydrogens (primary N) is 1. The van der Waals surface area contributed by atoms with Crippen molar-refractivity contribution >= 4 is 5.91 Å². The highest BCUT2D eigenvalue weighted by molar-refractivity contribution is 5.73. The van der Waals surface area contributed by atoms with Gasteiger partial charge in [0.1, 0.15) is 0 Å². The van der Waals surface area contributed by atoms with Crippen molar-refractivity contribution in [3.05, 3.63) is 0 Å². The van der Waals surface area contributed by atoms with E-state index >= 15 is 0 Å². The fourth-order valence-electron chi connectivity index (χ4n) is 1.75. The molecule has 0 aromatic heterocycles. The Morgan fingerprint density at radius 3 is 2.50 bits per heavy atom. The first-order valence-corrected chi connectivity index (χ1v) is 4.79. The number of nitrogens with one attached hydrogen (secondary N) is 1. The summed E-state index contributed by atoms with van der Waals surface area (Å²) in [6.45, 7) is 5.03. The van der Waals surface area contributed by atoms with Crippen LogP contribution in [0.25, 0.3) is 0 Å². The molecular formula is C9H18N2O3. The Hall–Kier alpha value is -0.650. The van der Waals surface area contributed by atoms with Crippen LogP contribution in [0.5, 0.6) is 0 Å². The number of rotatable bonds is 1. The Kier molecular flexibility index (Phi) is 3.47. The molecule has 1 amide bonds. The third-order valence-electron chi connectivity index (χ3n) is 2.61. The summed E-state index contributed by atoms with van der Waals surface area (Å²) in [5.74, 6) is -0.189. The maximum Gasteiger partial charge on any atom is 0.217 e. The van der Waals surface area contributed by atoms with Crippen molar-refractivity contribution < 1.29 is 14.6 Å². The predicted molar refractivity (Wildman–Crippen MR) is 51.6 cm³/mol. The van der Waals surface area contributed by atoms with Gasteiger partial charge in [0.2, 0.25) is 5.91 Å². The van der Waals surface area contributed by atoms with Crippen LogP contribution in [0.2, 0.25) is 0 Å². The Morgan fingerprint density at radius 2 is 2.00 bits per heavy atom. The number of aliphatic hydroxyl groups is 1. The summed E-state index contributed by atoms with van der Waals surface area (Å²) in [7, 11) is 0. The standard InChI is InChI=1S/C9H18N2O3/c1-4-7(10)9(13)8(5(2)14-4)11-6(3)12/h4-5,7-9,13H,10H2,1-3H3,(H,11,12). The van der Waals surface area contributed by atoms with E-state index in [0.717, 1.165) is 0 Å². The number of carbonyl (C=O) groups excluding carboxylic acids is 1. The third-order valence-corrected chi connectivity index (χ3v) is 2.61. The van der Waals surface area contributed by atoms with Gasteiger partial charge in [0.05, 0.1) is 30.4 Å². The first-order valence-electron chi connectivity index (χ1n) is 4.79. The molecule has 5 nitrogen and oxygen atoms in total. The average Bonchev–Trinajstić information content (AvgIpc) is 2.09. The van der Waals surface area contributed by atoms with Gasteiger partial charge in [0, 0.05) is 6.92 Å².